The lowest BCUT2D eigenvalue weighted by Gasteiger charge is -2.15. The first-order chi connectivity index (χ1) is 8.97. The molecule has 1 aromatic heterocycles. The minimum absolute atomic E-state index is 0.249. The summed E-state index contributed by atoms with van der Waals surface area (Å²) in [5.74, 6) is -0.249. The molecule has 0 bridgehead atoms. The molecule has 19 heavy (non-hydrogen) atoms. The highest BCUT2D eigenvalue weighted by Gasteiger charge is 2.14. The molecule has 0 aliphatic heterocycles. The average Bonchev–Trinajstić information content (AvgIpc) is 2.35. The van der Waals surface area contributed by atoms with Crippen LogP contribution in [-0.2, 0) is 6.42 Å². The van der Waals surface area contributed by atoms with Crippen LogP contribution in [0.3, 0.4) is 0 Å². The van der Waals surface area contributed by atoms with Crippen LogP contribution in [0.1, 0.15) is 28.6 Å². The summed E-state index contributed by atoms with van der Waals surface area (Å²) in [4.78, 5) is 0. The van der Waals surface area contributed by atoms with E-state index in [-0.39, 0.29) is 11.9 Å². The highest BCUT2D eigenvalue weighted by Crippen LogP contribution is 2.22. The molecule has 1 heterocycles. The zero-order chi connectivity index (χ0) is 14.0. The van der Waals surface area contributed by atoms with Crippen molar-refractivity contribution in [2.75, 3.05) is 0 Å². The van der Waals surface area contributed by atoms with E-state index in [1.807, 2.05) is 26.0 Å². The molecule has 0 saturated carbocycles. The van der Waals surface area contributed by atoms with Crippen molar-refractivity contribution in [2.45, 2.75) is 26.3 Å². The van der Waals surface area contributed by atoms with Gasteiger partial charge in [-0.05, 0) is 49.6 Å². The van der Waals surface area contributed by atoms with E-state index in [9.17, 15) is 4.39 Å². The Morgan fingerprint density at radius 2 is 2.00 bits per heavy atom. The molecule has 1 atom stereocenters. The Bertz CT molecular complexity index is 601. The smallest absolute Gasteiger partial charge is 0.127 e. The second kappa shape index (κ2) is 5.75. The molecular formula is C14H15BrFN3. The lowest BCUT2D eigenvalue weighted by atomic mass is 9.98. The van der Waals surface area contributed by atoms with Gasteiger partial charge in [0, 0.05) is 10.5 Å². The molecule has 0 saturated heterocycles. The maximum Gasteiger partial charge on any atom is 0.127 e. The van der Waals surface area contributed by atoms with E-state index in [1.165, 1.54) is 6.07 Å². The van der Waals surface area contributed by atoms with Crippen LogP contribution in [0.2, 0.25) is 0 Å². The fraction of sp³-hybridized carbons (Fsp3) is 0.286. The number of aryl methyl sites for hydroxylation is 2. The Hall–Kier alpha value is -1.33. The lowest BCUT2D eigenvalue weighted by molar-refractivity contribution is 0.590. The second-order valence-corrected chi connectivity index (χ2v) is 5.49. The van der Waals surface area contributed by atoms with Gasteiger partial charge in [0.15, 0.2) is 0 Å². The number of halogens is 2. The van der Waals surface area contributed by atoms with E-state index in [0.29, 0.717) is 12.0 Å². The van der Waals surface area contributed by atoms with Gasteiger partial charge in [0.2, 0.25) is 0 Å². The van der Waals surface area contributed by atoms with Crippen LogP contribution in [-0.4, -0.2) is 10.2 Å². The van der Waals surface area contributed by atoms with Crippen molar-refractivity contribution in [1.29, 1.82) is 0 Å². The Labute approximate surface area is 120 Å². The van der Waals surface area contributed by atoms with Gasteiger partial charge in [-0.3, -0.25) is 0 Å². The first-order valence-electron chi connectivity index (χ1n) is 5.97. The molecule has 1 aromatic carbocycles. The molecule has 100 valence electrons. The summed E-state index contributed by atoms with van der Waals surface area (Å²) in [5, 5.41) is 8.02. The zero-order valence-electron chi connectivity index (χ0n) is 10.8. The monoisotopic (exact) mass is 323 g/mol. The third-order valence-electron chi connectivity index (χ3n) is 2.99. The molecule has 2 aromatic rings. The lowest BCUT2D eigenvalue weighted by Crippen LogP contribution is -2.16. The summed E-state index contributed by atoms with van der Waals surface area (Å²) in [6, 6.07) is 6.63. The predicted molar refractivity (Wildman–Crippen MR) is 76.2 cm³/mol. The highest BCUT2D eigenvalue weighted by molar-refractivity contribution is 9.10. The number of aromatic nitrogens is 2. The van der Waals surface area contributed by atoms with Crippen LogP contribution in [0, 0.1) is 19.7 Å². The summed E-state index contributed by atoms with van der Waals surface area (Å²) < 4.78 is 14.5. The van der Waals surface area contributed by atoms with Gasteiger partial charge < -0.3 is 5.73 Å². The van der Waals surface area contributed by atoms with Gasteiger partial charge in [0.1, 0.15) is 5.82 Å². The zero-order valence-corrected chi connectivity index (χ0v) is 12.4. The summed E-state index contributed by atoms with van der Waals surface area (Å²) in [7, 11) is 0. The summed E-state index contributed by atoms with van der Waals surface area (Å²) in [5.41, 5.74) is 9.27. The van der Waals surface area contributed by atoms with Crippen LogP contribution < -0.4 is 5.73 Å². The van der Waals surface area contributed by atoms with Crippen LogP contribution >= 0.6 is 15.9 Å². The van der Waals surface area contributed by atoms with Crippen LogP contribution in [0.25, 0.3) is 0 Å². The maximum absolute atomic E-state index is 13.8. The second-order valence-electron chi connectivity index (χ2n) is 4.57. The molecule has 2 N–H and O–H groups in total. The molecule has 0 aliphatic rings. The van der Waals surface area contributed by atoms with Crippen molar-refractivity contribution >= 4 is 15.9 Å². The van der Waals surface area contributed by atoms with Gasteiger partial charge in [-0.2, -0.15) is 10.2 Å². The van der Waals surface area contributed by atoms with Gasteiger partial charge in [0.25, 0.3) is 0 Å². The molecule has 3 nitrogen and oxygen atoms in total. The third-order valence-corrected chi connectivity index (χ3v) is 3.49. The van der Waals surface area contributed by atoms with Crippen molar-refractivity contribution in [3.05, 3.63) is 57.1 Å². The van der Waals surface area contributed by atoms with E-state index in [4.69, 9.17) is 5.73 Å². The van der Waals surface area contributed by atoms with Crippen LogP contribution in [0.4, 0.5) is 4.39 Å². The van der Waals surface area contributed by atoms with Crippen molar-refractivity contribution in [3.63, 3.8) is 0 Å². The normalized spacial score (nSPS) is 12.5. The SMILES string of the molecule is Cc1cc(C(N)Cc2ccc(Br)cc2F)c(C)nn1. The van der Waals surface area contributed by atoms with Crippen LogP contribution in [0.15, 0.2) is 28.7 Å². The Morgan fingerprint density at radius 1 is 1.26 bits per heavy atom. The van der Waals surface area contributed by atoms with E-state index in [1.54, 1.807) is 6.07 Å². The van der Waals surface area contributed by atoms with Crippen molar-refractivity contribution in [1.82, 2.24) is 10.2 Å². The van der Waals surface area contributed by atoms with Gasteiger partial charge in [-0.1, -0.05) is 22.0 Å². The topological polar surface area (TPSA) is 51.8 Å². The Morgan fingerprint density at radius 3 is 2.68 bits per heavy atom. The standard InChI is InChI=1S/C14H15BrFN3/c1-8-5-12(9(2)19-18-8)14(17)6-10-3-4-11(15)7-13(10)16/h3-5,7,14H,6,17H2,1-2H3. The van der Waals surface area contributed by atoms with Gasteiger partial charge in [0.05, 0.1) is 11.4 Å². The van der Waals surface area contributed by atoms with Gasteiger partial charge in [-0.15, -0.1) is 0 Å². The van der Waals surface area contributed by atoms with Crippen molar-refractivity contribution < 1.29 is 4.39 Å². The van der Waals surface area contributed by atoms with E-state index < -0.39 is 0 Å². The fourth-order valence-corrected chi connectivity index (χ4v) is 2.31. The largest absolute Gasteiger partial charge is 0.324 e. The predicted octanol–water partition coefficient (Wildman–Crippen LogP) is 3.24. The summed E-state index contributed by atoms with van der Waals surface area (Å²) >= 11 is 3.24. The minimum Gasteiger partial charge on any atom is -0.324 e. The Kier molecular flexibility index (Phi) is 4.27. The average molecular weight is 324 g/mol. The number of nitrogens with two attached hydrogens (primary N) is 1. The molecule has 0 spiro atoms. The third kappa shape index (κ3) is 3.36. The number of rotatable bonds is 3. The molecule has 0 amide bonds. The van der Waals surface area contributed by atoms with Crippen molar-refractivity contribution in [2.24, 2.45) is 5.73 Å². The van der Waals surface area contributed by atoms with Gasteiger partial charge >= 0.3 is 0 Å². The number of hydrogen-bond acceptors (Lipinski definition) is 3. The first-order valence-corrected chi connectivity index (χ1v) is 6.77. The first kappa shape index (κ1) is 14.1. The van der Waals surface area contributed by atoms with E-state index in [0.717, 1.165) is 21.4 Å². The number of benzene rings is 1. The van der Waals surface area contributed by atoms with Crippen LogP contribution in [0.5, 0.6) is 0 Å². The molecule has 0 aliphatic carbocycles. The van der Waals surface area contributed by atoms with Gasteiger partial charge in [-0.25, -0.2) is 4.39 Å². The molecule has 0 radical (unpaired) electrons. The summed E-state index contributed by atoms with van der Waals surface area (Å²) in [6.45, 7) is 3.72. The molecule has 1 unspecified atom stereocenters. The number of nitrogens with zero attached hydrogens (tertiary/aromatic N) is 2. The molecule has 5 heteroatoms. The summed E-state index contributed by atoms with van der Waals surface area (Å²) in [6.07, 6.45) is 0.436. The number of hydrogen-bond donors (Lipinski definition) is 1. The highest BCUT2D eigenvalue weighted by atomic mass is 79.9. The minimum atomic E-state index is -0.287. The molecular weight excluding hydrogens is 309 g/mol. The fourth-order valence-electron chi connectivity index (χ4n) is 1.98. The molecule has 0 fully saturated rings. The van der Waals surface area contributed by atoms with Crippen molar-refractivity contribution in [3.8, 4) is 0 Å². The van der Waals surface area contributed by atoms with E-state index >= 15 is 0 Å². The Balaban J connectivity index is 2.25. The quantitative estimate of drug-likeness (QED) is 0.943. The maximum atomic E-state index is 13.8. The van der Waals surface area contributed by atoms with E-state index in [2.05, 4.69) is 26.1 Å². The molecule has 2 rings (SSSR count).